The summed E-state index contributed by atoms with van der Waals surface area (Å²) in [6, 6.07) is 7.99. The number of methoxy groups -OCH3 is 1. The van der Waals surface area contributed by atoms with Crippen molar-refractivity contribution < 1.29 is 9.84 Å². The zero-order valence-electron chi connectivity index (χ0n) is 10.1. The number of aliphatic hydroxyl groups excluding tert-OH is 1. The predicted octanol–water partition coefficient (Wildman–Crippen LogP) is 2.04. The van der Waals surface area contributed by atoms with E-state index in [0.29, 0.717) is 6.54 Å². The Morgan fingerprint density at radius 2 is 2.19 bits per heavy atom. The largest absolute Gasteiger partial charge is 0.497 e. The van der Waals surface area contributed by atoms with E-state index in [2.05, 4.69) is 24.8 Å². The van der Waals surface area contributed by atoms with E-state index in [1.807, 2.05) is 18.2 Å². The summed E-state index contributed by atoms with van der Waals surface area (Å²) < 4.78 is 5.22. The van der Waals surface area contributed by atoms with E-state index in [0.717, 1.165) is 17.9 Å². The van der Waals surface area contributed by atoms with Crippen LogP contribution in [0.25, 0.3) is 0 Å². The summed E-state index contributed by atoms with van der Waals surface area (Å²) in [6.07, 6.45) is 0.575. The third-order valence-electron chi connectivity index (χ3n) is 3.22. The first-order chi connectivity index (χ1) is 7.53. The van der Waals surface area contributed by atoms with Crippen LogP contribution in [0.3, 0.4) is 0 Å². The number of aliphatic hydroxyl groups is 1. The van der Waals surface area contributed by atoms with Gasteiger partial charge in [0.2, 0.25) is 0 Å². The number of hydrogen-bond acceptors (Lipinski definition) is 3. The molecule has 0 amide bonds. The number of ether oxygens (including phenoxy) is 1. The Balaban J connectivity index is 2.29. The normalized spacial score (nSPS) is 23.5. The molecule has 0 radical (unpaired) electrons. The summed E-state index contributed by atoms with van der Waals surface area (Å²) in [5.41, 5.74) is 1.12. The van der Waals surface area contributed by atoms with Crippen LogP contribution in [-0.2, 0) is 0 Å². The maximum atomic E-state index is 9.75. The molecule has 2 rings (SSSR count). The highest BCUT2D eigenvalue weighted by Gasteiger charge is 2.37. The Hall–Kier alpha value is -1.22. The summed E-state index contributed by atoms with van der Waals surface area (Å²) >= 11 is 0. The molecule has 0 aliphatic carbocycles. The zero-order chi connectivity index (χ0) is 11.8. The van der Waals surface area contributed by atoms with Gasteiger partial charge in [0.1, 0.15) is 5.75 Å². The van der Waals surface area contributed by atoms with Crippen LogP contribution in [0.15, 0.2) is 24.3 Å². The minimum atomic E-state index is -0.235. The lowest BCUT2D eigenvalue weighted by molar-refractivity contribution is 0.188. The van der Waals surface area contributed by atoms with Crippen molar-refractivity contribution in [2.45, 2.75) is 31.9 Å². The van der Waals surface area contributed by atoms with Crippen LogP contribution in [0.5, 0.6) is 5.75 Å². The Morgan fingerprint density at radius 3 is 2.75 bits per heavy atom. The molecule has 1 aliphatic rings. The third-order valence-corrected chi connectivity index (χ3v) is 3.22. The SMILES string of the molecule is COc1cccc(N2CC(O)CC2(C)C)c1. The third kappa shape index (κ3) is 2.00. The average Bonchev–Trinajstić information content (AvgIpc) is 2.52. The van der Waals surface area contributed by atoms with Crippen molar-refractivity contribution in [3.05, 3.63) is 24.3 Å². The summed E-state index contributed by atoms with van der Waals surface area (Å²) in [6.45, 7) is 5.01. The molecule has 1 aliphatic heterocycles. The molecule has 1 unspecified atom stereocenters. The van der Waals surface area contributed by atoms with Gasteiger partial charge in [0.15, 0.2) is 0 Å². The molecule has 0 aromatic heterocycles. The molecule has 1 fully saturated rings. The van der Waals surface area contributed by atoms with Crippen LogP contribution in [0, 0.1) is 0 Å². The molecule has 1 aromatic rings. The molecular weight excluding hydrogens is 202 g/mol. The minimum Gasteiger partial charge on any atom is -0.497 e. The van der Waals surface area contributed by atoms with Crippen LogP contribution < -0.4 is 9.64 Å². The molecule has 3 nitrogen and oxygen atoms in total. The molecule has 88 valence electrons. The van der Waals surface area contributed by atoms with Crippen molar-refractivity contribution in [1.29, 1.82) is 0 Å². The number of hydrogen-bond donors (Lipinski definition) is 1. The van der Waals surface area contributed by atoms with E-state index in [-0.39, 0.29) is 11.6 Å². The van der Waals surface area contributed by atoms with E-state index < -0.39 is 0 Å². The first-order valence-electron chi connectivity index (χ1n) is 5.63. The number of β-amino-alcohol motifs (C(OH)–C–C–N with tert-alkyl or cyclic N) is 1. The fraction of sp³-hybridized carbons (Fsp3) is 0.538. The highest BCUT2D eigenvalue weighted by Crippen LogP contribution is 2.34. The van der Waals surface area contributed by atoms with Gasteiger partial charge >= 0.3 is 0 Å². The van der Waals surface area contributed by atoms with Crippen LogP contribution in [-0.4, -0.2) is 30.4 Å². The van der Waals surface area contributed by atoms with Crippen molar-refractivity contribution in [3.63, 3.8) is 0 Å². The van der Waals surface area contributed by atoms with Gasteiger partial charge < -0.3 is 14.7 Å². The average molecular weight is 221 g/mol. The second kappa shape index (κ2) is 3.98. The van der Waals surface area contributed by atoms with Gasteiger partial charge in [-0.1, -0.05) is 6.07 Å². The van der Waals surface area contributed by atoms with E-state index in [9.17, 15) is 5.11 Å². The van der Waals surface area contributed by atoms with Gasteiger partial charge in [-0.25, -0.2) is 0 Å². The molecule has 1 aromatic carbocycles. The van der Waals surface area contributed by atoms with Gasteiger partial charge in [-0.2, -0.15) is 0 Å². The minimum absolute atomic E-state index is 0.00574. The van der Waals surface area contributed by atoms with Crippen LogP contribution in [0.2, 0.25) is 0 Å². The molecule has 0 bridgehead atoms. The summed E-state index contributed by atoms with van der Waals surface area (Å²) in [7, 11) is 1.67. The topological polar surface area (TPSA) is 32.7 Å². The Morgan fingerprint density at radius 1 is 1.44 bits per heavy atom. The first kappa shape index (κ1) is 11.3. The molecule has 0 saturated carbocycles. The number of benzene rings is 1. The maximum absolute atomic E-state index is 9.75. The van der Waals surface area contributed by atoms with Gasteiger partial charge in [0, 0.05) is 23.8 Å². The van der Waals surface area contributed by atoms with Crippen LogP contribution >= 0.6 is 0 Å². The molecule has 1 atom stereocenters. The van der Waals surface area contributed by atoms with Gasteiger partial charge in [-0.3, -0.25) is 0 Å². The van der Waals surface area contributed by atoms with E-state index in [1.54, 1.807) is 7.11 Å². The molecule has 1 N–H and O–H groups in total. The highest BCUT2D eigenvalue weighted by molar-refractivity contribution is 5.54. The first-order valence-corrected chi connectivity index (χ1v) is 5.63. The van der Waals surface area contributed by atoms with E-state index in [1.165, 1.54) is 0 Å². The van der Waals surface area contributed by atoms with Gasteiger partial charge in [-0.05, 0) is 32.4 Å². The Labute approximate surface area is 96.6 Å². The number of rotatable bonds is 2. The summed E-state index contributed by atoms with van der Waals surface area (Å²) in [4.78, 5) is 2.24. The zero-order valence-corrected chi connectivity index (χ0v) is 10.1. The molecule has 0 spiro atoms. The fourth-order valence-electron chi connectivity index (χ4n) is 2.44. The van der Waals surface area contributed by atoms with E-state index >= 15 is 0 Å². The lowest BCUT2D eigenvalue weighted by Crippen LogP contribution is -2.38. The van der Waals surface area contributed by atoms with Crippen molar-refractivity contribution in [2.75, 3.05) is 18.6 Å². The molecule has 1 saturated heterocycles. The quantitative estimate of drug-likeness (QED) is 0.829. The van der Waals surface area contributed by atoms with Crippen molar-refractivity contribution in [1.82, 2.24) is 0 Å². The Bertz CT molecular complexity index is 376. The molecular formula is C13H19NO2. The fourth-order valence-corrected chi connectivity index (χ4v) is 2.44. The smallest absolute Gasteiger partial charge is 0.120 e. The molecule has 3 heteroatoms. The Kier molecular flexibility index (Phi) is 2.80. The predicted molar refractivity (Wildman–Crippen MR) is 65.0 cm³/mol. The van der Waals surface area contributed by atoms with Crippen molar-refractivity contribution in [2.24, 2.45) is 0 Å². The molecule has 16 heavy (non-hydrogen) atoms. The number of anilines is 1. The highest BCUT2D eigenvalue weighted by atomic mass is 16.5. The monoisotopic (exact) mass is 221 g/mol. The van der Waals surface area contributed by atoms with Crippen molar-refractivity contribution in [3.8, 4) is 5.75 Å². The number of nitrogens with zero attached hydrogens (tertiary/aromatic N) is 1. The maximum Gasteiger partial charge on any atom is 0.120 e. The van der Waals surface area contributed by atoms with Gasteiger partial charge in [0.25, 0.3) is 0 Å². The van der Waals surface area contributed by atoms with Crippen LogP contribution in [0.4, 0.5) is 5.69 Å². The second-order valence-corrected chi connectivity index (χ2v) is 4.98. The van der Waals surface area contributed by atoms with Crippen LogP contribution in [0.1, 0.15) is 20.3 Å². The summed E-state index contributed by atoms with van der Waals surface area (Å²) in [5.74, 6) is 0.856. The molecule has 1 heterocycles. The standard InChI is InChI=1S/C13H19NO2/c1-13(2)8-11(15)9-14(13)10-5-4-6-12(7-10)16-3/h4-7,11,15H,8-9H2,1-3H3. The van der Waals surface area contributed by atoms with E-state index in [4.69, 9.17) is 4.74 Å². The van der Waals surface area contributed by atoms with Gasteiger partial charge in [-0.15, -0.1) is 0 Å². The van der Waals surface area contributed by atoms with Crippen molar-refractivity contribution >= 4 is 5.69 Å². The lowest BCUT2D eigenvalue weighted by atomic mass is 10.0. The lowest BCUT2D eigenvalue weighted by Gasteiger charge is -2.33. The second-order valence-electron chi connectivity index (χ2n) is 4.98. The summed E-state index contributed by atoms with van der Waals surface area (Å²) in [5, 5.41) is 9.75. The van der Waals surface area contributed by atoms with Gasteiger partial charge in [0.05, 0.1) is 13.2 Å².